The number of anilines is 2. The zero-order valence-electron chi connectivity index (χ0n) is 15.1. The van der Waals surface area contributed by atoms with Crippen LogP contribution in [0.4, 0.5) is 11.5 Å². The van der Waals surface area contributed by atoms with Crippen molar-refractivity contribution < 1.29 is 19.1 Å². The standard InChI is InChI=1S/C19H22N4O4/c1-13-16(6-7-18(21-13)23-8-10-26-11-9-23)22-19(25)14-2-4-15(5-3-14)27-12-17(20)24/h2-7H,8-12H2,1H3,(H2,20,24)(H,22,25). The first-order valence-corrected chi connectivity index (χ1v) is 8.66. The molecule has 2 aromatic rings. The second-order valence-electron chi connectivity index (χ2n) is 6.14. The van der Waals surface area contributed by atoms with Gasteiger partial charge in [0.05, 0.1) is 24.6 Å². The predicted molar refractivity (Wildman–Crippen MR) is 101 cm³/mol. The Kier molecular flexibility index (Phi) is 5.87. The monoisotopic (exact) mass is 370 g/mol. The van der Waals surface area contributed by atoms with Crippen molar-refractivity contribution in [3.8, 4) is 5.75 Å². The number of nitrogens with one attached hydrogen (secondary N) is 1. The maximum atomic E-state index is 12.4. The molecule has 0 aliphatic carbocycles. The Bertz CT molecular complexity index is 817. The van der Waals surface area contributed by atoms with E-state index in [-0.39, 0.29) is 12.5 Å². The molecule has 2 amide bonds. The molecule has 3 rings (SSSR count). The third kappa shape index (κ3) is 4.95. The SMILES string of the molecule is Cc1nc(N2CCOCC2)ccc1NC(=O)c1ccc(OCC(N)=O)cc1. The van der Waals surface area contributed by atoms with Gasteiger partial charge in [0, 0.05) is 18.7 Å². The summed E-state index contributed by atoms with van der Waals surface area (Å²) in [6, 6.07) is 10.2. The lowest BCUT2D eigenvalue weighted by atomic mass is 10.2. The molecule has 1 aromatic heterocycles. The van der Waals surface area contributed by atoms with Gasteiger partial charge in [0.25, 0.3) is 11.8 Å². The average molecular weight is 370 g/mol. The van der Waals surface area contributed by atoms with Crippen molar-refractivity contribution in [1.82, 2.24) is 4.98 Å². The minimum atomic E-state index is -0.555. The molecule has 1 aromatic carbocycles. The largest absolute Gasteiger partial charge is 0.484 e. The molecule has 8 nitrogen and oxygen atoms in total. The van der Waals surface area contributed by atoms with E-state index >= 15 is 0 Å². The zero-order valence-corrected chi connectivity index (χ0v) is 15.1. The first-order chi connectivity index (χ1) is 13.0. The number of nitrogens with two attached hydrogens (primary N) is 1. The molecule has 0 atom stereocenters. The number of pyridine rings is 1. The Morgan fingerprint density at radius 2 is 1.89 bits per heavy atom. The maximum absolute atomic E-state index is 12.4. The first-order valence-electron chi connectivity index (χ1n) is 8.66. The van der Waals surface area contributed by atoms with Gasteiger partial charge in [0.1, 0.15) is 11.6 Å². The van der Waals surface area contributed by atoms with Crippen LogP contribution in [0.2, 0.25) is 0 Å². The molecule has 1 aliphatic heterocycles. The van der Waals surface area contributed by atoms with Gasteiger partial charge < -0.3 is 25.4 Å². The Hall–Kier alpha value is -3.13. The Labute approximate surface area is 157 Å². The quantitative estimate of drug-likeness (QED) is 0.795. The van der Waals surface area contributed by atoms with E-state index in [1.165, 1.54) is 0 Å². The molecule has 0 saturated carbocycles. The van der Waals surface area contributed by atoms with Crippen molar-refractivity contribution >= 4 is 23.3 Å². The number of aromatic nitrogens is 1. The van der Waals surface area contributed by atoms with E-state index in [2.05, 4.69) is 15.2 Å². The second kappa shape index (κ2) is 8.50. The van der Waals surface area contributed by atoms with Crippen LogP contribution in [0.25, 0.3) is 0 Å². The fourth-order valence-electron chi connectivity index (χ4n) is 2.70. The number of primary amides is 1. The van der Waals surface area contributed by atoms with Crippen LogP contribution in [0.15, 0.2) is 36.4 Å². The number of morpholine rings is 1. The smallest absolute Gasteiger partial charge is 0.255 e. The number of ether oxygens (including phenoxy) is 2. The molecule has 1 aliphatic rings. The van der Waals surface area contributed by atoms with Gasteiger partial charge in [0.2, 0.25) is 0 Å². The summed E-state index contributed by atoms with van der Waals surface area (Å²) in [4.78, 5) is 29.9. The molecule has 0 unspecified atom stereocenters. The number of carbonyl (C=O) groups is 2. The third-order valence-electron chi connectivity index (χ3n) is 4.15. The van der Waals surface area contributed by atoms with Gasteiger partial charge in [-0.15, -0.1) is 0 Å². The summed E-state index contributed by atoms with van der Waals surface area (Å²) in [5.41, 5.74) is 6.91. The summed E-state index contributed by atoms with van der Waals surface area (Å²) in [6.07, 6.45) is 0. The van der Waals surface area contributed by atoms with Crippen LogP contribution >= 0.6 is 0 Å². The van der Waals surface area contributed by atoms with E-state index in [1.54, 1.807) is 24.3 Å². The summed E-state index contributed by atoms with van der Waals surface area (Å²) in [5, 5.41) is 2.87. The molecule has 0 radical (unpaired) electrons. The number of carbonyl (C=O) groups excluding carboxylic acids is 2. The number of rotatable bonds is 6. The normalized spacial score (nSPS) is 13.9. The Morgan fingerprint density at radius 1 is 1.19 bits per heavy atom. The third-order valence-corrected chi connectivity index (χ3v) is 4.15. The number of hydrogen-bond donors (Lipinski definition) is 2. The fraction of sp³-hybridized carbons (Fsp3) is 0.316. The van der Waals surface area contributed by atoms with E-state index in [4.69, 9.17) is 15.2 Å². The van der Waals surface area contributed by atoms with Crippen molar-refractivity contribution in [3.63, 3.8) is 0 Å². The van der Waals surface area contributed by atoms with Crippen LogP contribution in [-0.2, 0) is 9.53 Å². The van der Waals surface area contributed by atoms with Gasteiger partial charge in [0.15, 0.2) is 6.61 Å². The Balaban J connectivity index is 1.64. The highest BCUT2D eigenvalue weighted by Crippen LogP contribution is 2.21. The van der Waals surface area contributed by atoms with Gasteiger partial charge in [-0.3, -0.25) is 9.59 Å². The minimum Gasteiger partial charge on any atom is -0.484 e. The van der Waals surface area contributed by atoms with E-state index < -0.39 is 5.91 Å². The van der Waals surface area contributed by atoms with Crippen molar-refractivity contribution in [3.05, 3.63) is 47.7 Å². The number of hydrogen-bond acceptors (Lipinski definition) is 6. The molecule has 142 valence electrons. The molecule has 2 heterocycles. The number of aryl methyl sites for hydroxylation is 1. The van der Waals surface area contributed by atoms with Crippen LogP contribution in [-0.4, -0.2) is 49.7 Å². The van der Waals surface area contributed by atoms with Gasteiger partial charge >= 0.3 is 0 Å². The average Bonchev–Trinajstić information content (AvgIpc) is 2.69. The van der Waals surface area contributed by atoms with Gasteiger partial charge in [-0.05, 0) is 43.3 Å². The van der Waals surface area contributed by atoms with E-state index in [9.17, 15) is 9.59 Å². The number of amides is 2. The minimum absolute atomic E-state index is 0.202. The summed E-state index contributed by atoms with van der Waals surface area (Å²) >= 11 is 0. The zero-order chi connectivity index (χ0) is 19.2. The number of benzene rings is 1. The predicted octanol–water partition coefficient (Wildman–Crippen LogP) is 1.34. The topological polar surface area (TPSA) is 107 Å². The van der Waals surface area contributed by atoms with Crippen molar-refractivity contribution in [2.24, 2.45) is 5.73 Å². The highest BCUT2D eigenvalue weighted by molar-refractivity contribution is 6.04. The maximum Gasteiger partial charge on any atom is 0.255 e. The summed E-state index contributed by atoms with van der Waals surface area (Å²) < 4.78 is 10.5. The van der Waals surface area contributed by atoms with Crippen molar-refractivity contribution in [2.75, 3.05) is 43.1 Å². The molecule has 3 N–H and O–H groups in total. The molecule has 1 fully saturated rings. The van der Waals surface area contributed by atoms with E-state index in [0.29, 0.717) is 30.2 Å². The number of nitrogens with zero attached hydrogens (tertiary/aromatic N) is 2. The lowest BCUT2D eigenvalue weighted by Gasteiger charge is -2.28. The molecular weight excluding hydrogens is 348 g/mol. The summed E-state index contributed by atoms with van der Waals surface area (Å²) in [6.45, 7) is 4.66. The first kappa shape index (κ1) is 18.7. The highest BCUT2D eigenvalue weighted by atomic mass is 16.5. The van der Waals surface area contributed by atoms with Crippen molar-refractivity contribution in [2.45, 2.75) is 6.92 Å². The van der Waals surface area contributed by atoms with E-state index in [0.717, 1.165) is 24.6 Å². The van der Waals surface area contributed by atoms with Crippen LogP contribution in [0.3, 0.4) is 0 Å². The van der Waals surface area contributed by atoms with Crippen LogP contribution in [0.1, 0.15) is 16.1 Å². The lowest BCUT2D eigenvalue weighted by molar-refractivity contribution is -0.119. The van der Waals surface area contributed by atoms with Crippen LogP contribution in [0, 0.1) is 6.92 Å². The summed E-state index contributed by atoms with van der Waals surface area (Å²) in [7, 11) is 0. The molecular formula is C19H22N4O4. The highest BCUT2D eigenvalue weighted by Gasteiger charge is 2.14. The van der Waals surface area contributed by atoms with Crippen LogP contribution < -0.4 is 20.7 Å². The molecule has 0 bridgehead atoms. The fourth-order valence-corrected chi connectivity index (χ4v) is 2.70. The lowest BCUT2D eigenvalue weighted by Crippen LogP contribution is -2.36. The van der Waals surface area contributed by atoms with Gasteiger partial charge in [-0.1, -0.05) is 0 Å². The van der Waals surface area contributed by atoms with Gasteiger partial charge in [-0.25, -0.2) is 4.98 Å². The molecule has 0 spiro atoms. The Morgan fingerprint density at radius 3 is 2.52 bits per heavy atom. The second-order valence-corrected chi connectivity index (χ2v) is 6.14. The summed E-state index contributed by atoms with van der Waals surface area (Å²) in [5.74, 6) is 0.545. The van der Waals surface area contributed by atoms with Crippen LogP contribution in [0.5, 0.6) is 5.75 Å². The van der Waals surface area contributed by atoms with E-state index in [1.807, 2.05) is 19.1 Å². The van der Waals surface area contributed by atoms with Gasteiger partial charge in [-0.2, -0.15) is 0 Å². The molecule has 27 heavy (non-hydrogen) atoms. The molecule has 8 heteroatoms. The van der Waals surface area contributed by atoms with Crippen molar-refractivity contribution in [1.29, 1.82) is 0 Å². The molecule has 1 saturated heterocycles.